The summed E-state index contributed by atoms with van der Waals surface area (Å²) in [7, 11) is 0. The van der Waals surface area contributed by atoms with Gasteiger partial charge in [0.05, 0.1) is 5.39 Å². The van der Waals surface area contributed by atoms with Crippen molar-refractivity contribution < 1.29 is 4.74 Å². The lowest BCUT2D eigenvalue weighted by atomic mass is 10.2. The molecule has 1 aromatic carbocycles. The van der Waals surface area contributed by atoms with E-state index in [1.807, 2.05) is 38.1 Å². The number of rotatable bonds is 3. The summed E-state index contributed by atoms with van der Waals surface area (Å²) in [6, 6.07) is 7.75. The Hall–Kier alpha value is -1.41. The molecule has 1 N–H and O–H groups in total. The maximum atomic E-state index is 12.1. The van der Waals surface area contributed by atoms with Gasteiger partial charge in [0.1, 0.15) is 23.0 Å². The molecule has 3 aromatic rings. The molecule has 4 nitrogen and oxygen atoms in total. The standard InChI is InChI=1S/C15H13IN2O2S/c1-8-9(2)21-15-13(8)14(19)17-12(18-15)7-20-11-5-3-10(16)4-6-11/h3-6H,7H2,1-2H3,(H,17,18,19). The monoisotopic (exact) mass is 412 g/mol. The quantitative estimate of drug-likeness (QED) is 0.667. The van der Waals surface area contributed by atoms with E-state index in [2.05, 4.69) is 32.6 Å². The topological polar surface area (TPSA) is 55.0 Å². The van der Waals surface area contributed by atoms with Crippen LogP contribution in [0.1, 0.15) is 16.3 Å². The van der Waals surface area contributed by atoms with Crippen LogP contribution in [0, 0.1) is 17.4 Å². The van der Waals surface area contributed by atoms with Crippen molar-refractivity contribution in [3.63, 3.8) is 0 Å². The van der Waals surface area contributed by atoms with E-state index >= 15 is 0 Å². The predicted molar refractivity (Wildman–Crippen MR) is 93.2 cm³/mol. The van der Waals surface area contributed by atoms with Crippen LogP contribution in [0.3, 0.4) is 0 Å². The third kappa shape index (κ3) is 2.96. The van der Waals surface area contributed by atoms with Gasteiger partial charge in [-0.15, -0.1) is 11.3 Å². The van der Waals surface area contributed by atoms with Crippen LogP contribution in [-0.4, -0.2) is 9.97 Å². The van der Waals surface area contributed by atoms with Crippen molar-refractivity contribution in [2.45, 2.75) is 20.5 Å². The Morgan fingerprint density at radius 1 is 1.29 bits per heavy atom. The molecule has 108 valence electrons. The number of aryl methyl sites for hydroxylation is 2. The highest BCUT2D eigenvalue weighted by molar-refractivity contribution is 14.1. The fraction of sp³-hybridized carbons (Fsp3) is 0.200. The van der Waals surface area contributed by atoms with Gasteiger partial charge in [0.2, 0.25) is 0 Å². The normalized spacial score (nSPS) is 11.0. The first-order valence-corrected chi connectivity index (χ1v) is 8.31. The molecule has 0 spiro atoms. The van der Waals surface area contributed by atoms with Gasteiger partial charge in [0, 0.05) is 8.45 Å². The van der Waals surface area contributed by atoms with Gasteiger partial charge in [-0.2, -0.15) is 0 Å². The molecule has 0 bridgehead atoms. The zero-order chi connectivity index (χ0) is 15.0. The highest BCUT2D eigenvalue weighted by atomic mass is 127. The van der Waals surface area contributed by atoms with Crippen LogP contribution in [0.5, 0.6) is 5.75 Å². The molecule has 0 atom stereocenters. The second kappa shape index (κ2) is 5.76. The Balaban J connectivity index is 1.88. The molecule has 0 radical (unpaired) electrons. The van der Waals surface area contributed by atoms with Crippen LogP contribution >= 0.6 is 33.9 Å². The third-order valence-electron chi connectivity index (χ3n) is 3.28. The van der Waals surface area contributed by atoms with Crippen LogP contribution in [0.2, 0.25) is 0 Å². The Bertz CT molecular complexity index is 852. The molecular weight excluding hydrogens is 399 g/mol. The average Bonchev–Trinajstić information content (AvgIpc) is 2.74. The number of hydrogen-bond acceptors (Lipinski definition) is 4. The first-order chi connectivity index (χ1) is 10.0. The van der Waals surface area contributed by atoms with E-state index in [4.69, 9.17) is 4.74 Å². The minimum atomic E-state index is -0.0944. The third-order valence-corrected chi connectivity index (χ3v) is 5.10. The Kier molecular flexibility index (Phi) is 3.99. The predicted octanol–water partition coefficient (Wildman–Crippen LogP) is 3.79. The average molecular weight is 412 g/mol. The zero-order valence-corrected chi connectivity index (χ0v) is 14.5. The van der Waals surface area contributed by atoms with Gasteiger partial charge in [-0.3, -0.25) is 4.79 Å². The van der Waals surface area contributed by atoms with E-state index in [1.165, 1.54) is 0 Å². The lowest BCUT2D eigenvalue weighted by Crippen LogP contribution is -2.13. The van der Waals surface area contributed by atoms with Crippen LogP contribution in [0.15, 0.2) is 29.1 Å². The van der Waals surface area contributed by atoms with E-state index in [9.17, 15) is 4.79 Å². The van der Waals surface area contributed by atoms with Gasteiger partial charge in [0.15, 0.2) is 0 Å². The van der Waals surface area contributed by atoms with E-state index in [0.717, 1.165) is 24.6 Å². The number of H-pyrrole nitrogens is 1. The maximum Gasteiger partial charge on any atom is 0.260 e. The zero-order valence-electron chi connectivity index (χ0n) is 11.6. The number of fused-ring (bicyclic) bond motifs is 1. The maximum absolute atomic E-state index is 12.1. The van der Waals surface area contributed by atoms with Crippen LogP contribution < -0.4 is 10.3 Å². The van der Waals surface area contributed by atoms with Crippen molar-refractivity contribution in [2.24, 2.45) is 0 Å². The van der Waals surface area contributed by atoms with Gasteiger partial charge in [-0.1, -0.05) is 0 Å². The minimum absolute atomic E-state index is 0.0944. The Morgan fingerprint density at radius 2 is 2.00 bits per heavy atom. The number of hydrogen-bond donors (Lipinski definition) is 1. The van der Waals surface area contributed by atoms with Crippen molar-refractivity contribution >= 4 is 44.1 Å². The minimum Gasteiger partial charge on any atom is -0.486 e. The molecule has 0 aliphatic heterocycles. The molecule has 2 heterocycles. The summed E-state index contributed by atoms with van der Waals surface area (Å²) < 4.78 is 6.81. The van der Waals surface area contributed by atoms with Crippen molar-refractivity contribution in [1.82, 2.24) is 9.97 Å². The van der Waals surface area contributed by atoms with Crippen molar-refractivity contribution in [2.75, 3.05) is 0 Å². The summed E-state index contributed by atoms with van der Waals surface area (Å²) in [6.45, 7) is 4.21. The molecule has 0 unspecified atom stereocenters. The molecule has 0 saturated heterocycles. The molecule has 0 aliphatic rings. The van der Waals surface area contributed by atoms with E-state index < -0.39 is 0 Å². The molecule has 6 heteroatoms. The molecule has 0 fully saturated rings. The number of nitrogens with zero attached hydrogens (tertiary/aromatic N) is 1. The first kappa shape index (κ1) is 14.5. The van der Waals surface area contributed by atoms with Gasteiger partial charge < -0.3 is 9.72 Å². The Morgan fingerprint density at radius 3 is 2.71 bits per heavy atom. The fourth-order valence-electron chi connectivity index (χ4n) is 2.05. The molecule has 21 heavy (non-hydrogen) atoms. The van der Waals surface area contributed by atoms with Crippen LogP contribution in [-0.2, 0) is 6.61 Å². The summed E-state index contributed by atoms with van der Waals surface area (Å²) in [5.74, 6) is 1.31. The van der Waals surface area contributed by atoms with Gasteiger partial charge in [-0.25, -0.2) is 4.98 Å². The van der Waals surface area contributed by atoms with E-state index in [0.29, 0.717) is 11.2 Å². The van der Waals surface area contributed by atoms with Gasteiger partial charge in [0.25, 0.3) is 5.56 Å². The number of benzene rings is 1. The largest absolute Gasteiger partial charge is 0.486 e. The van der Waals surface area contributed by atoms with E-state index in [1.54, 1.807) is 11.3 Å². The molecule has 3 rings (SSSR count). The molecule has 0 saturated carbocycles. The summed E-state index contributed by atoms with van der Waals surface area (Å²) in [4.78, 5) is 21.3. The smallest absolute Gasteiger partial charge is 0.260 e. The van der Waals surface area contributed by atoms with Gasteiger partial charge >= 0.3 is 0 Å². The Labute approximate surface area is 139 Å². The summed E-state index contributed by atoms with van der Waals surface area (Å²) in [5, 5.41) is 0.690. The molecular formula is C15H13IN2O2S. The number of aromatic amines is 1. The van der Waals surface area contributed by atoms with Crippen molar-refractivity contribution in [1.29, 1.82) is 0 Å². The fourth-order valence-corrected chi connectivity index (χ4v) is 3.46. The number of ether oxygens (including phenoxy) is 1. The SMILES string of the molecule is Cc1sc2nc(COc3ccc(I)cc3)[nH]c(=O)c2c1C. The second-order valence-corrected chi connectivity index (χ2v) is 7.17. The number of halogens is 1. The first-order valence-electron chi connectivity index (χ1n) is 6.42. The summed E-state index contributed by atoms with van der Waals surface area (Å²) >= 11 is 3.78. The molecule has 2 aromatic heterocycles. The second-order valence-electron chi connectivity index (χ2n) is 4.72. The van der Waals surface area contributed by atoms with Crippen LogP contribution in [0.25, 0.3) is 10.2 Å². The van der Waals surface area contributed by atoms with Crippen LogP contribution in [0.4, 0.5) is 0 Å². The molecule has 0 amide bonds. The van der Waals surface area contributed by atoms with Crippen molar-refractivity contribution in [3.05, 3.63) is 54.5 Å². The highest BCUT2D eigenvalue weighted by Crippen LogP contribution is 2.25. The lowest BCUT2D eigenvalue weighted by molar-refractivity contribution is 0.296. The summed E-state index contributed by atoms with van der Waals surface area (Å²) in [5.41, 5.74) is 0.914. The molecule has 0 aliphatic carbocycles. The van der Waals surface area contributed by atoms with Gasteiger partial charge in [-0.05, 0) is 66.3 Å². The lowest BCUT2D eigenvalue weighted by Gasteiger charge is -2.05. The number of aromatic nitrogens is 2. The van der Waals surface area contributed by atoms with Crippen molar-refractivity contribution in [3.8, 4) is 5.75 Å². The van der Waals surface area contributed by atoms with E-state index in [-0.39, 0.29) is 12.2 Å². The summed E-state index contributed by atoms with van der Waals surface area (Å²) in [6.07, 6.45) is 0. The number of thiophene rings is 1. The highest BCUT2D eigenvalue weighted by Gasteiger charge is 2.11. The number of nitrogens with one attached hydrogen (secondary N) is 1.